The molecule has 0 atom stereocenters. The summed E-state index contributed by atoms with van der Waals surface area (Å²) in [5.41, 5.74) is 0.494. The van der Waals surface area contributed by atoms with Crippen molar-refractivity contribution in [1.29, 1.82) is 0 Å². The van der Waals surface area contributed by atoms with Gasteiger partial charge in [-0.15, -0.1) is 0 Å². The highest BCUT2D eigenvalue weighted by Gasteiger charge is 2.34. The lowest BCUT2D eigenvalue weighted by atomic mass is 9.80. The number of rotatable bonds is 7. The van der Waals surface area contributed by atoms with Gasteiger partial charge in [0.05, 0.1) is 6.42 Å². The summed E-state index contributed by atoms with van der Waals surface area (Å²) >= 11 is 0. The van der Waals surface area contributed by atoms with E-state index in [-0.39, 0.29) is 24.6 Å². The van der Waals surface area contributed by atoms with Gasteiger partial charge in [0.15, 0.2) is 0 Å². The maximum absolute atomic E-state index is 11.8. The molecule has 0 bridgehead atoms. The molecule has 4 heteroatoms. The van der Waals surface area contributed by atoms with Crippen LogP contribution in [0.3, 0.4) is 0 Å². The Labute approximate surface area is 115 Å². The molecule has 108 valence electrons. The largest absolute Gasteiger partial charge is 0.462 e. The zero-order valence-corrected chi connectivity index (χ0v) is 12.0. The van der Waals surface area contributed by atoms with Crippen LogP contribution in [0.15, 0.2) is 12.2 Å². The van der Waals surface area contributed by atoms with Gasteiger partial charge in [0.2, 0.25) is 0 Å². The summed E-state index contributed by atoms with van der Waals surface area (Å²) in [6.07, 6.45) is 6.14. The molecule has 0 amide bonds. The second-order valence-corrected chi connectivity index (χ2v) is 5.37. The van der Waals surface area contributed by atoms with Crippen molar-refractivity contribution in [2.45, 2.75) is 52.4 Å². The van der Waals surface area contributed by atoms with Crippen LogP contribution in [0.1, 0.15) is 52.4 Å². The number of carbonyl (C=O) groups excluding carboxylic acids is 2. The molecule has 0 radical (unpaired) electrons. The van der Waals surface area contributed by atoms with Crippen LogP contribution in [0.25, 0.3) is 0 Å². The Kier molecular flexibility index (Phi) is 6.06. The molecule has 0 unspecified atom stereocenters. The van der Waals surface area contributed by atoms with Crippen LogP contribution in [-0.2, 0) is 19.1 Å². The van der Waals surface area contributed by atoms with Crippen molar-refractivity contribution in [2.24, 2.45) is 5.41 Å². The first-order valence-corrected chi connectivity index (χ1v) is 6.97. The number of ether oxygens (including phenoxy) is 2. The summed E-state index contributed by atoms with van der Waals surface area (Å²) in [6, 6.07) is 0. The van der Waals surface area contributed by atoms with Crippen molar-refractivity contribution in [3.05, 3.63) is 12.2 Å². The molecular weight excluding hydrogens is 244 g/mol. The summed E-state index contributed by atoms with van der Waals surface area (Å²) < 4.78 is 9.97. The van der Waals surface area contributed by atoms with E-state index in [0.29, 0.717) is 12.0 Å². The maximum Gasteiger partial charge on any atom is 0.333 e. The Bertz CT molecular complexity index is 340. The number of carbonyl (C=O) groups is 2. The average molecular weight is 268 g/mol. The maximum atomic E-state index is 11.8. The van der Waals surface area contributed by atoms with Gasteiger partial charge >= 0.3 is 11.9 Å². The van der Waals surface area contributed by atoms with Crippen LogP contribution in [0, 0.1) is 5.41 Å². The molecule has 1 rings (SSSR count). The molecule has 1 saturated carbocycles. The van der Waals surface area contributed by atoms with Crippen molar-refractivity contribution in [2.75, 3.05) is 13.2 Å². The van der Waals surface area contributed by atoms with Gasteiger partial charge < -0.3 is 9.47 Å². The predicted molar refractivity (Wildman–Crippen MR) is 72.5 cm³/mol. The zero-order valence-electron chi connectivity index (χ0n) is 12.0. The third kappa shape index (κ3) is 5.05. The fraction of sp³-hybridized carbons (Fsp3) is 0.733. The van der Waals surface area contributed by atoms with E-state index in [0.717, 1.165) is 19.3 Å². The summed E-state index contributed by atoms with van der Waals surface area (Å²) in [5, 5.41) is 0. The molecule has 1 fully saturated rings. The second kappa shape index (κ2) is 7.31. The first-order chi connectivity index (χ1) is 8.99. The van der Waals surface area contributed by atoms with Crippen LogP contribution >= 0.6 is 0 Å². The molecule has 0 spiro atoms. The van der Waals surface area contributed by atoms with E-state index < -0.39 is 5.97 Å². The molecule has 0 N–H and O–H groups in total. The van der Waals surface area contributed by atoms with E-state index in [1.54, 1.807) is 6.92 Å². The van der Waals surface area contributed by atoms with Crippen LogP contribution in [0.4, 0.5) is 0 Å². The normalized spacial score (nSPS) is 16.9. The van der Waals surface area contributed by atoms with Gasteiger partial charge in [-0.1, -0.05) is 26.3 Å². The van der Waals surface area contributed by atoms with Gasteiger partial charge in [0.1, 0.15) is 13.2 Å². The summed E-state index contributed by atoms with van der Waals surface area (Å²) in [6.45, 7) is 7.41. The average Bonchev–Trinajstić information content (AvgIpc) is 2.83. The smallest absolute Gasteiger partial charge is 0.333 e. The van der Waals surface area contributed by atoms with Crippen molar-refractivity contribution in [1.82, 2.24) is 0 Å². The highest BCUT2D eigenvalue weighted by molar-refractivity contribution is 5.86. The van der Waals surface area contributed by atoms with Crippen LogP contribution in [0.2, 0.25) is 0 Å². The van der Waals surface area contributed by atoms with E-state index in [2.05, 4.69) is 13.5 Å². The lowest BCUT2D eigenvalue weighted by Gasteiger charge is -2.25. The van der Waals surface area contributed by atoms with Crippen LogP contribution in [0.5, 0.6) is 0 Å². The standard InChI is InChI=1S/C15H24O4/c1-4-15(7-5-6-8-15)11-13(16)18-9-10-19-14(17)12(2)3/h2,4-11H2,1,3H3. The van der Waals surface area contributed by atoms with Gasteiger partial charge in [-0.25, -0.2) is 4.79 Å². The Balaban J connectivity index is 2.21. The van der Waals surface area contributed by atoms with E-state index >= 15 is 0 Å². The van der Waals surface area contributed by atoms with E-state index in [4.69, 9.17) is 9.47 Å². The Morgan fingerprint density at radius 3 is 2.26 bits per heavy atom. The third-order valence-corrected chi connectivity index (χ3v) is 3.86. The minimum absolute atomic E-state index is 0.0938. The van der Waals surface area contributed by atoms with E-state index in [9.17, 15) is 9.59 Å². The summed E-state index contributed by atoms with van der Waals surface area (Å²) in [5.74, 6) is -0.632. The quantitative estimate of drug-likeness (QED) is 0.404. The predicted octanol–water partition coefficient (Wildman–Crippen LogP) is 3.01. The lowest BCUT2D eigenvalue weighted by Crippen LogP contribution is -2.23. The zero-order chi connectivity index (χ0) is 14.3. The first-order valence-electron chi connectivity index (χ1n) is 6.97. The van der Waals surface area contributed by atoms with Gasteiger partial charge in [0, 0.05) is 5.57 Å². The fourth-order valence-corrected chi connectivity index (χ4v) is 2.55. The van der Waals surface area contributed by atoms with Crippen LogP contribution < -0.4 is 0 Å². The number of esters is 2. The molecule has 19 heavy (non-hydrogen) atoms. The minimum Gasteiger partial charge on any atom is -0.462 e. The molecule has 0 aromatic heterocycles. The van der Waals surface area contributed by atoms with Crippen molar-refractivity contribution < 1.29 is 19.1 Å². The Hall–Kier alpha value is -1.32. The topological polar surface area (TPSA) is 52.6 Å². The van der Waals surface area contributed by atoms with Crippen molar-refractivity contribution in [3.8, 4) is 0 Å². The van der Waals surface area contributed by atoms with Gasteiger partial charge in [-0.05, 0) is 31.6 Å². The lowest BCUT2D eigenvalue weighted by molar-refractivity contribution is -0.152. The molecule has 1 aliphatic carbocycles. The molecule has 0 saturated heterocycles. The molecule has 0 aromatic rings. The van der Waals surface area contributed by atoms with Crippen LogP contribution in [-0.4, -0.2) is 25.2 Å². The fourth-order valence-electron chi connectivity index (χ4n) is 2.55. The van der Waals surface area contributed by atoms with E-state index in [1.165, 1.54) is 12.8 Å². The minimum atomic E-state index is -0.447. The van der Waals surface area contributed by atoms with Gasteiger partial charge in [-0.2, -0.15) is 0 Å². The first kappa shape index (κ1) is 15.7. The molecule has 1 aliphatic rings. The third-order valence-electron chi connectivity index (χ3n) is 3.86. The Morgan fingerprint density at radius 2 is 1.74 bits per heavy atom. The second-order valence-electron chi connectivity index (χ2n) is 5.37. The van der Waals surface area contributed by atoms with E-state index in [1.807, 2.05) is 0 Å². The molecular formula is C15H24O4. The van der Waals surface area contributed by atoms with Gasteiger partial charge in [0.25, 0.3) is 0 Å². The van der Waals surface area contributed by atoms with Gasteiger partial charge in [-0.3, -0.25) is 4.79 Å². The Morgan fingerprint density at radius 1 is 1.16 bits per heavy atom. The SMILES string of the molecule is C=C(C)C(=O)OCCOC(=O)CC1(CC)CCCC1. The highest BCUT2D eigenvalue weighted by Crippen LogP contribution is 2.43. The molecule has 4 nitrogen and oxygen atoms in total. The summed E-state index contributed by atoms with van der Waals surface area (Å²) in [7, 11) is 0. The highest BCUT2D eigenvalue weighted by atomic mass is 16.6. The number of hydrogen-bond acceptors (Lipinski definition) is 4. The van der Waals surface area contributed by atoms with Crippen molar-refractivity contribution >= 4 is 11.9 Å². The molecule has 0 aromatic carbocycles. The molecule has 0 heterocycles. The molecule has 0 aliphatic heterocycles. The monoisotopic (exact) mass is 268 g/mol. The number of hydrogen-bond donors (Lipinski definition) is 0. The van der Waals surface area contributed by atoms with Crippen molar-refractivity contribution in [3.63, 3.8) is 0 Å². The summed E-state index contributed by atoms with van der Waals surface area (Å²) in [4.78, 5) is 22.9.